The zero-order valence-corrected chi connectivity index (χ0v) is 14.2. The van der Waals surface area contributed by atoms with Gasteiger partial charge in [0.15, 0.2) is 0 Å². The third-order valence-electron chi connectivity index (χ3n) is 1.95. The van der Waals surface area contributed by atoms with Gasteiger partial charge in [-0.3, -0.25) is 4.79 Å². The van der Waals surface area contributed by atoms with Gasteiger partial charge >= 0.3 is 29.6 Å². The van der Waals surface area contributed by atoms with Crippen LogP contribution in [-0.4, -0.2) is 24.6 Å². The molecule has 0 saturated heterocycles. The van der Waals surface area contributed by atoms with Crippen LogP contribution in [0.3, 0.4) is 0 Å². The summed E-state index contributed by atoms with van der Waals surface area (Å²) in [4.78, 5) is 9.47. The van der Waals surface area contributed by atoms with Crippen LogP contribution in [0.15, 0.2) is 12.7 Å². The van der Waals surface area contributed by atoms with Crippen LogP contribution in [0, 0.1) is 0 Å². The van der Waals surface area contributed by atoms with Crippen molar-refractivity contribution < 1.29 is 47.3 Å². The Kier molecular flexibility index (Phi) is 19.6. The number of unbranched alkanes of at least 4 members (excludes halogenated alkanes) is 5. The maximum atomic E-state index is 10.2. The quantitative estimate of drug-likeness (QED) is 0.255. The summed E-state index contributed by atoms with van der Waals surface area (Å²) in [6.45, 7) is 5.21. The first-order valence-corrected chi connectivity index (χ1v) is 7.26. The number of nitrogens with two attached hydrogens (primary N) is 1. The van der Waals surface area contributed by atoms with Crippen molar-refractivity contribution in [3.8, 4) is 0 Å². The van der Waals surface area contributed by atoms with E-state index in [2.05, 4.69) is 19.2 Å². The van der Waals surface area contributed by atoms with E-state index < -0.39 is 16.0 Å². The van der Waals surface area contributed by atoms with E-state index in [4.69, 9.17) is 0 Å². The molecule has 0 aromatic heterocycles. The number of carbonyl (C=O) groups excluding carboxylic acids is 1. The van der Waals surface area contributed by atoms with Crippen LogP contribution in [0.2, 0.25) is 0 Å². The smallest absolute Gasteiger partial charge is 0.748 e. The van der Waals surface area contributed by atoms with E-state index in [0.717, 1.165) is 25.3 Å². The zero-order chi connectivity index (χ0) is 13.7. The first-order valence-electron chi connectivity index (χ1n) is 5.69. The van der Waals surface area contributed by atoms with Gasteiger partial charge in [-0.05, 0) is 12.5 Å². The van der Waals surface area contributed by atoms with Crippen LogP contribution in [0.1, 0.15) is 45.4 Å². The van der Waals surface area contributed by atoms with Gasteiger partial charge in [-0.1, -0.05) is 45.6 Å². The number of carbonyl (C=O) groups is 1. The van der Waals surface area contributed by atoms with Gasteiger partial charge in [-0.25, -0.2) is 8.42 Å². The van der Waals surface area contributed by atoms with Crippen molar-refractivity contribution in [3.63, 3.8) is 0 Å². The molecular formula is C11H22NNaO4S. The molecule has 102 valence electrons. The van der Waals surface area contributed by atoms with Crippen LogP contribution in [0.5, 0.6) is 0 Å². The Bertz CT molecular complexity index is 304. The van der Waals surface area contributed by atoms with Crippen molar-refractivity contribution >= 4 is 16.0 Å². The fourth-order valence-electron chi connectivity index (χ4n) is 1.06. The predicted octanol–water partition coefficient (Wildman–Crippen LogP) is -1.45. The van der Waals surface area contributed by atoms with Crippen LogP contribution >= 0.6 is 0 Å². The Morgan fingerprint density at radius 3 is 1.94 bits per heavy atom. The number of hydrogen-bond donors (Lipinski definition) is 1. The Labute approximate surface area is 132 Å². The van der Waals surface area contributed by atoms with E-state index in [1.165, 1.54) is 12.8 Å². The average molecular weight is 287 g/mol. The van der Waals surface area contributed by atoms with Gasteiger partial charge in [-0.15, -0.1) is 0 Å². The maximum absolute atomic E-state index is 10.2. The van der Waals surface area contributed by atoms with E-state index in [9.17, 15) is 17.8 Å². The second-order valence-electron chi connectivity index (χ2n) is 3.64. The Morgan fingerprint density at radius 2 is 1.61 bits per heavy atom. The van der Waals surface area contributed by atoms with Crippen molar-refractivity contribution in [2.45, 2.75) is 45.4 Å². The van der Waals surface area contributed by atoms with E-state index >= 15 is 0 Å². The van der Waals surface area contributed by atoms with Gasteiger partial charge in [0.25, 0.3) is 0 Å². The minimum atomic E-state index is -3.97. The molecule has 0 unspecified atom stereocenters. The average Bonchev–Trinajstić information content (AvgIpc) is 2.22. The van der Waals surface area contributed by atoms with Gasteiger partial charge in [0.2, 0.25) is 5.91 Å². The monoisotopic (exact) mass is 287 g/mol. The summed E-state index contributed by atoms with van der Waals surface area (Å²) in [6, 6.07) is 0. The van der Waals surface area contributed by atoms with E-state index in [1.807, 2.05) is 0 Å². The molecule has 0 aromatic carbocycles. The molecule has 18 heavy (non-hydrogen) atoms. The number of amides is 1. The molecule has 0 radical (unpaired) electrons. The molecule has 0 fully saturated rings. The Morgan fingerprint density at radius 1 is 1.22 bits per heavy atom. The summed E-state index contributed by atoms with van der Waals surface area (Å²) in [7, 11) is -3.97. The first kappa shape index (κ1) is 23.2. The van der Waals surface area contributed by atoms with Crippen molar-refractivity contribution in [3.05, 3.63) is 12.7 Å². The second kappa shape index (κ2) is 15.2. The van der Waals surface area contributed by atoms with Crippen molar-refractivity contribution in [2.24, 2.45) is 5.73 Å². The molecule has 0 aliphatic carbocycles. The summed E-state index contributed by atoms with van der Waals surface area (Å²) in [5, 5.41) is 0. The molecule has 0 aliphatic rings. The van der Waals surface area contributed by atoms with Crippen LogP contribution < -0.4 is 35.3 Å². The van der Waals surface area contributed by atoms with Gasteiger partial charge in [-0.2, -0.15) is 0 Å². The molecule has 0 rings (SSSR count). The molecule has 0 spiro atoms. The summed E-state index contributed by atoms with van der Waals surface area (Å²) < 4.78 is 30.5. The molecule has 0 aromatic rings. The summed E-state index contributed by atoms with van der Waals surface area (Å²) in [6.07, 6.45) is 7.01. The third-order valence-corrected chi connectivity index (χ3v) is 2.74. The van der Waals surface area contributed by atoms with Crippen LogP contribution in [0.4, 0.5) is 0 Å². The van der Waals surface area contributed by atoms with Gasteiger partial charge in [0.05, 0.1) is 10.1 Å². The molecular weight excluding hydrogens is 265 g/mol. The molecule has 7 heteroatoms. The normalized spacial score (nSPS) is 9.67. The number of primary amides is 1. The first-order chi connectivity index (χ1) is 7.83. The molecule has 0 aliphatic heterocycles. The standard InChI is InChI=1S/C8H18O3S.C3H5NO.Na/c1-2-3-4-5-6-7-8-12(9,10)11;1-2-3(4)5;/h2-8H2,1H3,(H,9,10,11);2H,1H2,(H2,4,5);/q;;+1/p-1. The molecule has 2 N–H and O–H groups in total. The van der Waals surface area contributed by atoms with E-state index in [1.54, 1.807) is 0 Å². The third kappa shape index (κ3) is 29.8. The summed E-state index contributed by atoms with van der Waals surface area (Å²) in [5.41, 5.74) is 4.53. The van der Waals surface area contributed by atoms with Gasteiger partial charge < -0.3 is 10.3 Å². The van der Waals surface area contributed by atoms with Crippen LogP contribution in [-0.2, 0) is 14.9 Å². The van der Waals surface area contributed by atoms with Gasteiger partial charge in [0, 0.05) is 5.75 Å². The van der Waals surface area contributed by atoms with Gasteiger partial charge in [0.1, 0.15) is 0 Å². The Hall–Kier alpha value is 0.120. The summed E-state index contributed by atoms with van der Waals surface area (Å²) >= 11 is 0. The second-order valence-corrected chi connectivity index (χ2v) is 5.16. The van der Waals surface area contributed by atoms with Crippen molar-refractivity contribution in [2.75, 3.05) is 5.75 Å². The minimum absolute atomic E-state index is 0. The SMILES string of the molecule is C=CC(N)=O.CCCCCCCCS(=O)(=O)[O-].[Na+]. The Balaban J connectivity index is -0.000000321. The zero-order valence-electron chi connectivity index (χ0n) is 11.4. The summed E-state index contributed by atoms with van der Waals surface area (Å²) in [5.74, 6) is -0.677. The number of hydrogen-bond acceptors (Lipinski definition) is 4. The fraction of sp³-hybridized carbons (Fsp3) is 0.727. The predicted molar refractivity (Wildman–Crippen MR) is 67.3 cm³/mol. The molecule has 0 atom stereocenters. The molecule has 0 bridgehead atoms. The fourth-order valence-corrected chi connectivity index (χ4v) is 1.62. The topological polar surface area (TPSA) is 100 Å². The van der Waals surface area contributed by atoms with Crippen LogP contribution in [0.25, 0.3) is 0 Å². The van der Waals surface area contributed by atoms with Crippen molar-refractivity contribution in [1.29, 1.82) is 0 Å². The molecule has 0 heterocycles. The van der Waals surface area contributed by atoms with E-state index in [0.29, 0.717) is 6.42 Å². The number of rotatable bonds is 8. The molecule has 0 saturated carbocycles. The van der Waals surface area contributed by atoms with E-state index in [-0.39, 0.29) is 35.3 Å². The molecule has 1 amide bonds. The largest absolute Gasteiger partial charge is 1.00 e. The van der Waals surface area contributed by atoms with Crippen molar-refractivity contribution in [1.82, 2.24) is 0 Å². The maximum Gasteiger partial charge on any atom is 1.00 e. The minimum Gasteiger partial charge on any atom is -0.748 e. The molecule has 5 nitrogen and oxygen atoms in total.